The van der Waals surface area contributed by atoms with E-state index in [1.807, 2.05) is 0 Å². The van der Waals surface area contributed by atoms with Gasteiger partial charge in [0.15, 0.2) is 6.10 Å². The van der Waals surface area contributed by atoms with E-state index in [0.717, 1.165) is 63.7 Å². The second kappa shape index (κ2) is 44.5. The van der Waals surface area contributed by atoms with Gasteiger partial charge in [0, 0.05) is 19.3 Å². The summed E-state index contributed by atoms with van der Waals surface area (Å²) in [5, 5.41) is 0. The van der Waals surface area contributed by atoms with E-state index in [1.54, 1.807) is 0 Å². The van der Waals surface area contributed by atoms with Crippen molar-refractivity contribution in [2.45, 2.75) is 284 Å². The van der Waals surface area contributed by atoms with Crippen LogP contribution in [0.5, 0.6) is 0 Å². The van der Waals surface area contributed by atoms with Gasteiger partial charge in [-0.3, -0.25) is 14.4 Å². The predicted molar refractivity (Wildman–Crippen MR) is 238 cm³/mol. The average molecular weight is 793 g/mol. The molecule has 332 valence electrons. The van der Waals surface area contributed by atoms with Crippen molar-refractivity contribution in [2.75, 3.05) is 13.2 Å². The number of ether oxygens (including phenoxy) is 3. The van der Waals surface area contributed by atoms with Crippen LogP contribution in [0.15, 0.2) is 0 Å². The Morgan fingerprint density at radius 1 is 0.357 bits per heavy atom. The van der Waals surface area contributed by atoms with Crippen molar-refractivity contribution in [3.63, 3.8) is 0 Å². The molecule has 0 aromatic heterocycles. The Kier molecular flexibility index (Phi) is 43.2. The SMILES string of the molecule is CCCCCCCCCCCCCCCCCC(=O)OC[C@@H](COC(=O)CCCCCCCCCCCCC)OC(=O)CCCCCCCCCCC(C)CC. The van der Waals surface area contributed by atoms with Gasteiger partial charge in [0.25, 0.3) is 0 Å². The number of hydrogen-bond donors (Lipinski definition) is 0. The maximum atomic E-state index is 12.7. The summed E-state index contributed by atoms with van der Waals surface area (Å²) in [6.45, 7) is 9.01. The van der Waals surface area contributed by atoms with Gasteiger partial charge in [0.2, 0.25) is 0 Å². The molecule has 0 heterocycles. The molecular weight excluding hydrogens is 697 g/mol. The maximum absolute atomic E-state index is 12.7. The lowest BCUT2D eigenvalue weighted by Gasteiger charge is -2.18. The van der Waals surface area contributed by atoms with Crippen molar-refractivity contribution in [1.82, 2.24) is 0 Å². The van der Waals surface area contributed by atoms with Crippen LogP contribution in [0.1, 0.15) is 278 Å². The summed E-state index contributed by atoms with van der Waals surface area (Å²) >= 11 is 0. The summed E-state index contributed by atoms with van der Waals surface area (Å²) in [7, 11) is 0. The number of rotatable bonds is 45. The molecule has 0 saturated carbocycles. The monoisotopic (exact) mass is 793 g/mol. The van der Waals surface area contributed by atoms with Crippen LogP contribution in [0, 0.1) is 5.92 Å². The van der Waals surface area contributed by atoms with Crippen LogP contribution in [0.4, 0.5) is 0 Å². The minimum absolute atomic E-state index is 0.0634. The van der Waals surface area contributed by atoms with Crippen LogP contribution in [0.2, 0.25) is 0 Å². The maximum Gasteiger partial charge on any atom is 0.306 e. The van der Waals surface area contributed by atoms with Gasteiger partial charge in [-0.1, -0.05) is 240 Å². The minimum Gasteiger partial charge on any atom is -0.462 e. The summed E-state index contributed by atoms with van der Waals surface area (Å²) in [5.74, 6) is -0.00451. The lowest BCUT2D eigenvalue weighted by atomic mass is 9.99. The molecule has 0 spiro atoms. The second-order valence-electron chi connectivity index (χ2n) is 17.3. The van der Waals surface area contributed by atoms with Gasteiger partial charge in [-0.05, 0) is 25.2 Å². The number of esters is 3. The minimum atomic E-state index is -0.760. The fraction of sp³-hybridized carbons (Fsp3) is 0.940. The van der Waals surface area contributed by atoms with E-state index in [2.05, 4.69) is 27.7 Å². The molecule has 6 nitrogen and oxygen atoms in total. The zero-order valence-corrected chi connectivity index (χ0v) is 38.1. The third kappa shape index (κ3) is 42.0. The molecule has 0 radical (unpaired) electrons. The van der Waals surface area contributed by atoms with Crippen LogP contribution in [-0.4, -0.2) is 37.2 Å². The van der Waals surface area contributed by atoms with Crippen LogP contribution in [0.3, 0.4) is 0 Å². The molecular formula is C50H96O6. The zero-order chi connectivity index (χ0) is 41.0. The lowest BCUT2D eigenvalue weighted by molar-refractivity contribution is -0.167. The van der Waals surface area contributed by atoms with Gasteiger partial charge in [0.05, 0.1) is 0 Å². The topological polar surface area (TPSA) is 78.9 Å². The van der Waals surface area contributed by atoms with Crippen molar-refractivity contribution in [1.29, 1.82) is 0 Å². The highest BCUT2D eigenvalue weighted by Crippen LogP contribution is 2.17. The van der Waals surface area contributed by atoms with Gasteiger partial charge < -0.3 is 14.2 Å². The average Bonchev–Trinajstić information content (AvgIpc) is 3.19. The van der Waals surface area contributed by atoms with Gasteiger partial charge in [-0.15, -0.1) is 0 Å². The van der Waals surface area contributed by atoms with E-state index in [1.165, 1.54) is 173 Å². The largest absolute Gasteiger partial charge is 0.462 e. The van der Waals surface area contributed by atoms with Crippen LogP contribution < -0.4 is 0 Å². The van der Waals surface area contributed by atoms with E-state index in [0.29, 0.717) is 19.3 Å². The molecule has 6 heteroatoms. The molecule has 1 unspecified atom stereocenters. The first-order valence-electron chi connectivity index (χ1n) is 24.9. The number of hydrogen-bond acceptors (Lipinski definition) is 6. The molecule has 56 heavy (non-hydrogen) atoms. The Hall–Kier alpha value is -1.59. The first-order valence-corrected chi connectivity index (χ1v) is 24.9. The highest BCUT2D eigenvalue weighted by molar-refractivity contribution is 5.71. The van der Waals surface area contributed by atoms with Crippen LogP contribution in [-0.2, 0) is 28.6 Å². The molecule has 0 aromatic carbocycles. The highest BCUT2D eigenvalue weighted by Gasteiger charge is 2.19. The summed E-state index contributed by atoms with van der Waals surface area (Å²) < 4.78 is 16.8. The molecule has 0 N–H and O–H groups in total. The Morgan fingerprint density at radius 2 is 0.625 bits per heavy atom. The third-order valence-corrected chi connectivity index (χ3v) is 11.7. The van der Waals surface area contributed by atoms with E-state index in [9.17, 15) is 14.4 Å². The highest BCUT2D eigenvalue weighted by atomic mass is 16.6. The lowest BCUT2D eigenvalue weighted by Crippen LogP contribution is -2.30. The number of carbonyl (C=O) groups is 3. The Balaban J connectivity index is 4.31. The first kappa shape index (κ1) is 54.4. The molecule has 0 rings (SSSR count). The standard InChI is InChI=1S/C50H96O6/c1-5-8-10-12-14-16-18-19-20-21-23-25-30-34-38-42-49(52)55-45-47(44-54-48(51)41-37-33-29-24-22-17-15-13-11-9-6-2)56-50(53)43-39-35-31-27-26-28-32-36-40-46(4)7-3/h46-47H,5-45H2,1-4H3/t46?,47-/m1/s1. The summed E-state index contributed by atoms with van der Waals surface area (Å²) in [5.41, 5.74) is 0. The molecule has 0 aliphatic heterocycles. The fourth-order valence-corrected chi connectivity index (χ4v) is 7.48. The smallest absolute Gasteiger partial charge is 0.306 e. The molecule has 0 bridgehead atoms. The summed E-state index contributed by atoms with van der Waals surface area (Å²) in [4.78, 5) is 37.8. The van der Waals surface area contributed by atoms with Gasteiger partial charge in [-0.2, -0.15) is 0 Å². The van der Waals surface area contributed by atoms with E-state index >= 15 is 0 Å². The van der Waals surface area contributed by atoms with Gasteiger partial charge in [0.1, 0.15) is 13.2 Å². The Bertz CT molecular complexity index is 843. The fourth-order valence-electron chi connectivity index (χ4n) is 7.48. The Morgan fingerprint density at radius 3 is 0.929 bits per heavy atom. The van der Waals surface area contributed by atoms with Crippen molar-refractivity contribution in [3.05, 3.63) is 0 Å². The van der Waals surface area contributed by atoms with E-state index in [-0.39, 0.29) is 31.1 Å². The quantitative estimate of drug-likeness (QED) is 0.0347. The molecule has 0 saturated heterocycles. The van der Waals surface area contributed by atoms with Crippen molar-refractivity contribution in [3.8, 4) is 0 Å². The van der Waals surface area contributed by atoms with Crippen molar-refractivity contribution >= 4 is 17.9 Å². The molecule has 0 aliphatic rings. The molecule has 0 fully saturated rings. The number of carbonyl (C=O) groups excluding carboxylic acids is 3. The van der Waals surface area contributed by atoms with E-state index in [4.69, 9.17) is 14.2 Å². The summed E-state index contributed by atoms with van der Waals surface area (Å²) in [6, 6.07) is 0. The molecule has 0 aromatic rings. The van der Waals surface area contributed by atoms with Gasteiger partial charge >= 0.3 is 17.9 Å². The van der Waals surface area contributed by atoms with E-state index < -0.39 is 6.10 Å². The number of unbranched alkanes of at least 4 members (excludes halogenated alkanes) is 31. The van der Waals surface area contributed by atoms with Crippen LogP contribution >= 0.6 is 0 Å². The second-order valence-corrected chi connectivity index (χ2v) is 17.3. The van der Waals surface area contributed by atoms with Crippen molar-refractivity contribution < 1.29 is 28.6 Å². The zero-order valence-electron chi connectivity index (χ0n) is 38.1. The van der Waals surface area contributed by atoms with Gasteiger partial charge in [-0.25, -0.2) is 0 Å². The molecule has 0 amide bonds. The molecule has 0 aliphatic carbocycles. The predicted octanol–water partition coefficient (Wildman–Crippen LogP) is 15.9. The summed E-state index contributed by atoms with van der Waals surface area (Å²) in [6.07, 6.45) is 45.1. The van der Waals surface area contributed by atoms with Crippen molar-refractivity contribution in [2.24, 2.45) is 5.92 Å². The van der Waals surface area contributed by atoms with Crippen LogP contribution in [0.25, 0.3) is 0 Å². The first-order chi connectivity index (χ1) is 27.4. The normalized spacial score (nSPS) is 12.4. The molecule has 2 atom stereocenters. The Labute approximate surface area is 348 Å². The third-order valence-electron chi connectivity index (χ3n) is 11.7.